The largest absolute Gasteiger partial charge is 0.494 e. The van der Waals surface area contributed by atoms with Gasteiger partial charge in [0.05, 0.1) is 37.3 Å². The summed E-state index contributed by atoms with van der Waals surface area (Å²) in [5, 5.41) is -0.206. The summed E-state index contributed by atoms with van der Waals surface area (Å²) in [5.41, 5.74) is 1.80. The zero-order valence-electron chi connectivity index (χ0n) is 12.8. The van der Waals surface area contributed by atoms with Crippen LogP contribution >= 0.6 is 11.6 Å². The lowest BCUT2D eigenvalue weighted by atomic mass is 10.2. The Morgan fingerprint density at radius 2 is 2.05 bits per heavy atom. The summed E-state index contributed by atoms with van der Waals surface area (Å²) in [4.78, 5) is 4.64. The van der Waals surface area contributed by atoms with Crippen molar-refractivity contribution in [1.29, 1.82) is 0 Å². The number of halogens is 1. The number of imidazole rings is 1. The maximum Gasteiger partial charge on any atom is 0.146 e. The molecule has 0 spiro atoms. The van der Waals surface area contributed by atoms with Gasteiger partial charge in [0.15, 0.2) is 0 Å². The van der Waals surface area contributed by atoms with Gasteiger partial charge in [-0.3, -0.25) is 0 Å². The SMILES string of the molecule is COCC(Cn1c(C(C)Cl)nc2c(OC)cccc21)OC. The second kappa shape index (κ2) is 7.11. The summed E-state index contributed by atoms with van der Waals surface area (Å²) >= 11 is 6.28. The van der Waals surface area contributed by atoms with Gasteiger partial charge in [-0.25, -0.2) is 4.98 Å². The summed E-state index contributed by atoms with van der Waals surface area (Å²) in [7, 11) is 4.97. The Morgan fingerprint density at radius 1 is 1.29 bits per heavy atom. The van der Waals surface area contributed by atoms with Crippen LogP contribution < -0.4 is 4.74 Å². The van der Waals surface area contributed by atoms with Crippen LogP contribution in [0.25, 0.3) is 11.0 Å². The number of fused-ring (bicyclic) bond motifs is 1. The van der Waals surface area contributed by atoms with Crippen LogP contribution in [0.15, 0.2) is 18.2 Å². The van der Waals surface area contributed by atoms with E-state index in [0.29, 0.717) is 13.2 Å². The van der Waals surface area contributed by atoms with Crippen LogP contribution in [-0.2, 0) is 16.0 Å². The predicted octanol–water partition coefficient (Wildman–Crippen LogP) is 3.01. The minimum Gasteiger partial charge on any atom is -0.494 e. The van der Waals surface area contributed by atoms with Crippen LogP contribution in [0.3, 0.4) is 0 Å². The number of rotatable bonds is 7. The first-order valence-corrected chi connectivity index (χ1v) is 7.25. The lowest BCUT2D eigenvalue weighted by Gasteiger charge is -2.18. The molecular weight excluding hydrogens is 292 g/mol. The Morgan fingerprint density at radius 3 is 2.62 bits per heavy atom. The normalized spacial score (nSPS) is 14.3. The second-order valence-corrected chi connectivity index (χ2v) is 5.49. The molecule has 0 saturated heterocycles. The molecule has 0 aliphatic rings. The van der Waals surface area contributed by atoms with Crippen LogP contribution in [0, 0.1) is 0 Å². The molecule has 0 radical (unpaired) electrons. The van der Waals surface area contributed by atoms with E-state index in [1.807, 2.05) is 25.1 Å². The first-order valence-electron chi connectivity index (χ1n) is 6.81. The van der Waals surface area contributed by atoms with Gasteiger partial charge in [0.25, 0.3) is 0 Å². The van der Waals surface area contributed by atoms with E-state index in [1.165, 1.54) is 0 Å². The molecule has 0 N–H and O–H groups in total. The average Bonchev–Trinajstić information content (AvgIpc) is 2.85. The van der Waals surface area contributed by atoms with E-state index in [1.54, 1.807) is 21.3 Å². The van der Waals surface area contributed by atoms with Crippen LogP contribution in [0.2, 0.25) is 0 Å². The molecule has 0 aliphatic heterocycles. The summed E-state index contributed by atoms with van der Waals surface area (Å²) in [6, 6.07) is 5.85. The zero-order chi connectivity index (χ0) is 15.4. The van der Waals surface area contributed by atoms with E-state index in [0.717, 1.165) is 22.6 Å². The Hall–Kier alpha value is -1.30. The van der Waals surface area contributed by atoms with Crippen LogP contribution in [0.4, 0.5) is 0 Å². The maximum atomic E-state index is 6.28. The van der Waals surface area contributed by atoms with Gasteiger partial charge >= 0.3 is 0 Å². The summed E-state index contributed by atoms with van der Waals surface area (Å²) in [5.74, 6) is 1.54. The maximum absolute atomic E-state index is 6.28. The van der Waals surface area contributed by atoms with E-state index >= 15 is 0 Å². The van der Waals surface area contributed by atoms with Crippen molar-refractivity contribution in [3.8, 4) is 5.75 Å². The lowest BCUT2D eigenvalue weighted by Crippen LogP contribution is -2.24. The molecule has 6 heteroatoms. The molecule has 2 aromatic rings. The molecule has 116 valence electrons. The van der Waals surface area contributed by atoms with E-state index in [9.17, 15) is 0 Å². The lowest BCUT2D eigenvalue weighted by molar-refractivity contribution is 0.0185. The standard InChI is InChI=1S/C15H21ClN2O3/c1-10(16)15-17-14-12(6-5-7-13(14)21-4)18(15)8-11(20-3)9-19-2/h5-7,10-11H,8-9H2,1-4H3. The fraction of sp³-hybridized carbons (Fsp3) is 0.533. The van der Waals surface area contributed by atoms with Crippen LogP contribution in [0.1, 0.15) is 18.1 Å². The third-order valence-corrected chi connectivity index (χ3v) is 3.61. The first kappa shape index (κ1) is 16.1. The summed E-state index contributed by atoms with van der Waals surface area (Å²) in [6.07, 6.45) is -0.0623. The van der Waals surface area contributed by atoms with Gasteiger partial charge in [-0.2, -0.15) is 0 Å². The minimum atomic E-state index is -0.206. The number of alkyl halides is 1. The van der Waals surface area contributed by atoms with Crippen molar-refractivity contribution in [2.24, 2.45) is 0 Å². The molecule has 5 nitrogen and oxygen atoms in total. The van der Waals surface area contributed by atoms with E-state index in [2.05, 4.69) is 9.55 Å². The number of benzene rings is 1. The van der Waals surface area contributed by atoms with Crippen molar-refractivity contribution in [2.45, 2.75) is 24.9 Å². The molecule has 2 unspecified atom stereocenters. The van der Waals surface area contributed by atoms with Gasteiger partial charge in [-0.05, 0) is 19.1 Å². The van der Waals surface area contributed by atoms with Gasteiger partial charge < -0.3 is 18.8 Å². The molecule has 2 atom stereocenters. The fourth-order valence-electron chi connectivity index (χ4n) is 2.38. The van der Waals surface area contributed by atoms with Gasteiger partial charge in [-0.15, -0.1) is 11.6 Å². The molecule has 0 aliphatic carbocycles. The monoisotopic (exact) mass is 312 g/mol. The van der Waals surface area contributed by atoms with Crippen molar-refractivity contribution in [2.75, 3.05) is 27.9 Å². The topological polar surface area (TPSA) is 45.5 Å². The molecule has 21 heavy (non-hydrogen) atoms. The Bertz CT molecular complexity index is 598. The van der Waals surface area contributed by atoms with Crippen LogP contribution in [0.5, 0.6) is 5.75 Å². The zero-order valence-corrected chi connectivity index (χ0v) is 13.6. The summed E-state index contributed by atoms with van der Waals surface area (Å²) in [6.45, 7) is 3.04. The third-order valence-electron chi connectivity index (χ3n) is 3.42. The third kappa shape index (κ3) is 3.31. The number of hydrogen-bond donors (Lipinski definition) is 0. The van der Waals surface area contributed by atoms with Gasteiger partial charge in [-0.1, -0.05) is 6.07 Å². The predicted molar refractivity (Wildman–Crippen MR) is 83.2 cm³/mol. The molecule has 1 aromatic heterocycles. The fourth-order valence-corrected chi connectivity index (χ4v) is 2.55. The Labute approximate surface area is 129 Å². The highest BCUT2D eigenvalue weighted by Gasteiger charge is 2.20. The first-order chi connectivity index (χ1) is 10.1. The molecule has 1 aromatic carbocycles. The van der Waals surface area contributed by atoms with Gasteiger partial charge in [0, 0.05) is 14.2 Å². The molecule has 0 amide bonds. The number of para-hydroxylation sites is 1. The van der Waals surface area contributed by atoms with Crippen molar-refractivity contribution >= 4 is 22.6 Å². The van der Waals surface area contributed by atoms with Crippen molar-refractivity contribution < 1.29 is 14.2 Å². The van der Waals surface area contributed by atoms with E-state index in [4.69, 9.17) is 25.8 Å². The Balaban J connectivity index is 2.51. The van der Waals surface area contributed by atoms with Crippen molar-refractivity contribution in [1.82, 2.24) is 9.55 Å². The van der Waals surface area contributed by atoms with Gasteiger partial charge in [0.2, 0.25) is 0 Å². The molecule has 0 fully saturated rings. The molecule has 0 bridgehead atoms. The molecular formula is C15H21ClN2O3. The molecule has 2 rings (SSSR count). The van der Waals surface area contributed by atoms with E-state index in [-0.39, 0.29) is 11.5 Å². The Kier molecular flexibility index (Phi) is 5.45. The number of nitrogens with zero attached hydrogens (tertiary/aromatic N) is 2. The number of methoxy groups -OCH3 is 3. The molecule has 1 heterocycles. The quantitative estimate of drug-likeness (QED) is 0.737. The van der Waals surface area contributed by atoms with Crippen molar-refractivity contribution in [3.05, 3.63) is 24.0 Å². The van der Waals surface area contributed by atoms with Gasteiger partial charge in [0.1, 0.15) is 17.1 Å². The summed E-state index contributed by atoms with van der Waals surface area (Å²) < 4.78 is 18.1. The number of ether oxygens (including phenoxy) is 3. The smallest absolute Gasteiger partial charge is 0.146 e. The minimum absolute atomic E-state index is 0.0623. The highest BCUT2D eigenvalue weighted by Crippen LogP contribution is 2.30. The molecule has 0 saturated carbocycles. The number of hydrogen-bond acceptors (Lipinski definition) is 4. The van der Waals surface area contributed by atoms with Crippen LogP contribution in [-0.4, -0.2) is 43.6 Å². The van der Waals surface area contributed by atoms with E-state index < -0.39 is 0 Å². The average molecular weight is 313 g/mol. The highest BCUT2D eigenvalue weighted by atomic mass is 35.5. The van der Waals surface area contributed by atoms with Crippen molar-refractivity contribution in [3.63, 3.8) is 0 Å². The highest BCUT2D eigenvalue weighted by molar-refractivity contribution is 6.20. The number of aromatic nitrogens is 2. The second-order valence-electron chi connectivity index (χ2n) is 4.84.